The Hall–Kier alpha value is -1.99. The van der Waals surface area contributed by atoms with Gasteiger partial charge in [-0.05, 0) is 30.5 Å². The van der Waals surface area contributed by atoms with Crippen molar-refractivity contribution >= 4 is 33.4 Å². The molecular weight excluding hydrogens is 380 g/mol. The number of hydrogen-bond donors (Lipinski definition) is 1. The lowest BCUT2D eigenvalue weighted by Gasteiger charge is -2.20. The van der Waals surface area contributed by atoms with Gasteiger partial charge in [0, 0.05) is 18.8 Å². The zero-order valence-electron chi connectivity index (χ0n) is 15.3. The molecule has 5 nitrogen and oxygen atoms in total. The summed E-state index contributed by atoms with van der Waals surface area (Å²) in [5.74, 6) is 0.523. The maximum Gasteiger partial charge on any atom is 0.236 e. The van der Waals surface area contributed by atoms with Gasteiger partial charge in [-0.25, -0.2) is 8.42 Å². The third-order valence-electron chi connectivity index (χ3n) is 4.55. The highest BCUT2D eigenvalue weighted by atomic mass is 32.2. The molecule has 0 bridgehead atoms. The third-order valence-corrected chi connectivity index (χ3v) is 7.54. The van der Waals surface area contributed by atoms with Gasteiger partial charge in [-0.2, -0.15) is 0 Å². The van der Waals surface area contributed by atoms with Crippen molar-refractivity contribution in [3.63, 3.8) is 0 Å². The quantitative estimate of drug-likeness (QED) is 0.735. The fraction of sp³-hybridized carbons (Fsp3) is 0.350. The van der Waals surface area contributed by atoms with Crippen LogP contribution in [-0.4, -0.2) is 38.4 Å². The van der Waals surface area contributed by atoms with Crippen LogP contribution in [0.1, 0.15) is 18.1 Å². The van der Waals surface area contributed by atoms with E-state index in [0.717, 1.165) is 29.0 Å². The number of hydrogen-bond acceptors (Lipinski definition) is 4. The number of para-hydroxylation sites is 1. The van der Waals surface area contributed by atoms with Crippen LogP contribution >= 0.6 is 11.8 Å². The minimum absolute atomic E-state index is 0.0941. The van der Waals surface area contributed by atoms with Crippen LogP contribution in [0, 0.1) is 0 Å². The molecule has 0 radical (unpaired) electrons. The molecule has 0 spiro atoms. The van der Waals surface area contributed by atoms with Crippen molar-refractivity contribution in [3.8, 4) is 0 Å². The number of rotatable bonds is 8. The predicted octanol–water partition coefficient (Wildman–Crippen LogP) is 2.82. The fourth-order valence-corrected chi connectivity index (χ4v) is 5.32. The molecule has 27 heavy (non-hydrogen) atoms. The van der Waals surface area contributed by atoms with Gasteiger partial charge < -0.3 is 5.32 Å². The Labute approximate surface area is 165 Å². The summed E-state index contributed by atoms with van der Waals surface area (Å²) in [6.07, 6.45) is 0.731. The normalized spacial score (nSPS) is 14.6. The average Bonchev–Trinajstić information content (AvgIpc) is 3.12. The predicted molar refractivity (Wildman–Crippen MR) is 111 cm³/mol. The maximum atomic E-state index is 12.6. The molecule has 0 aromatic heterocycles. The molecule has 1 amide bonds. The number of carbonyl (C=O) groups excluding carboxylic acids is 1. The van der Waals surface area contributed by atoms with Crippen LogP contribution in [0.4, 0.5) is 5.69 Å². The first-order valence-corrected chi connectivity index (χ1v) is 11.6. The Morgan fingerprint density at radius 3 is 2.63 bits per heavy atom. The summed E-state index contributed by atoms with van der Waals surface area (Å²) in [4.78, 5) is 12.2. The van der Waals surface area contributed by atoms with Gasteiger partial charge in [0.1, 0.15) is 0 Å². The Morgan fingerprint density at radius 2 is 1.85 bits per heavy atom. The zero-order valence-corrected chi connectivity index (χ0v) is 16.9. The van der Waals surface area contributed by atoms with Crippen molar-refractivity contribution in [3.05, 3.63) is 65.7 Å². The summed E-state index contributed by atoms with van der Waals surface area (Å²) < 4.78 is 26.7. The van der Waals surface area contributed by atoms with Gasteiger partial charge in [0.25, 0.3) is 0 Å². The smallest absolute Gasteiger partial charge is 0.236 e. The van der Waals surface area contributed by atoms with Crippen molar-refractivity contribution in [2.75, 3.05) is 23.1 Å². The summed E-state index contributed by atoms with van der Waals surface area (Å²) in [5, 5.41) is 2.52. The van der Waals surface area contributed by atoms with Crippen LogP contribution in [0.5, 0.6) is 0 Å². The van der Waals surface area contributed by atoms with Crippen LogP contribution in [0.2, 0.25) is 0 Å². The molecule has 0 saturated heterocycles. The van der Waals surface area contributed by atoms with Gasteiger partial charge in [-0.1, -0.05) is 48.5 Å². The Morgan fingerprint density at radius 1 is 1.15 bits per heavy atom. The van der Waals surface area contributed by atoms with Gasteiger partial charge >= 0.3 is 0 Å². The molecule has 1 atom stereocenters. The van der Waals surface area contributed by atoms with E-state index in [9.17, 15) is 13.2 Å². The number of nitrogens with zero attached hydrogens (tertiary/aromatic N) is 1. The number of nitrogens with one attached hydrogen (secondary N) is 1. The van der Waals surface area contributed by atoms with Crippen LogP contribution in [0.25, 0.3) is 0 Å². The molecular formula is C20H24N2O3S2. The van der Waals surface area contributed by atoms with Crippen molar-refractivity contribution < 1.29 is 13.2 Å². The molecule has 1 aliphatic heterocycles. The fourth-order valence-electron chi connectivity index (χ4n) is 3.03. The Bertz CT molecular complexity index is 885. The third kappa shape index (κ3) is 5.05. The summed E-state index contributed by atoms with van der Waals surface area (Å²) in [7, 11) is -3.44. The molecule has 2 aromatic carbocycles. The molecule has 0 fully saturated rings. The number of anilines is 1. The Kier molecular flexibility index (Phi) is 6.44. The van der Waals surface area contributed by atoms with Crippen LogP contribution in [0.15, 0.2) is 54.6 Å². The minimum atomic E-state index is -3.44. The number of thioether (sulfide) groups is 1. The highest BCUT2D eigenvalue weighted by molar-refractivity contribution is 7.99. The lowest BCUT2D eigenvalue weighted by Crippen LogP contribution is -2.39. The molecule has 3 rings (SSSR count). The molecule has 0 saturated carbocycles. The van der Waals surface area contributed by atoms with Gasteiger partial charge in [0.05, 0.1) is 16.7 Å². The average molecular weight is 405 g/mol. The number of sulfonamides is 1. The maximum absolute atomic E-state index is 12.6. The second kappa shape index (κ2) is 8.80. The van der Waals surface area contributed by atoms with E-state index in [1.54, 1.807) is 0 Å². The summed E-state index contributed by atoms with van der Waals surface area (Å²) in [6, 6.07) is 17.5. The molecule has 0 unspecified atom stereocenters. The van der Waals surface area contributed by atoms with Gasteiger partial charge in [0.15, 0.2) is 0 Å². The van der Waals surface area contributed by atoms with E-state index in [1.807, 2.05) is 61.5 Å². The van der Waals surface area contributed by atoms with Crippen LogP contribution in [-0.2, 0) is 27.0 Å². The highest BCUT2D eigenvalue weighted by Crippen LogP contribution is 2.29. The number of fused-ring (bicyclic) bond motifs is 1. The van der Waals surface area contributed by atoms with E-state index < -0.39 is 10.0 Å². The van der Waals surface area contributed by atoms with Gasteiger partial charge in [-0.15, -0.1) is 11.8 Å². The summed E-state index contributed by atoms with van der Waals surface area (Å²) >= 11 is 1.54. The lowest BCUT2D eigenvalue weighted by atomic mass is 10.2. The monoisotopic (exact) mass is 404 g/mol. The van der Waals surface area contributed by atoms with E-state index in [0.29, 0.717) is 6.54 Å². The van der Waals surface area contributed by atoms with E-state index in [4.69, 9.17) is 0 Å². The van der Waals surface area contributed by atoms with Crippen molar-refractivity contribution in [1.82, 2.24) is 5.32 Å². The molecule has 144 valence electrons. The Balaban J connectivity index is 1.46. The molecule has 0 aliphatic carbocycles. The first kappa shape index (κ1) is 19.8. The van der Waals surface area contributed by atoms with Gasteiger partial charge in [-0.3, -0.25) is 9.10 Å². The van der Waals surface area contributed by atoms with E-state index in [2.05, 4.69) is 5.32 Å². The second-order valence-corrected chi connectivity index (χ2v) is 9.84. The van der Waals surface area contributed by atoms with E-state index in [1.165, 1.54) is 16.1 Å². The van der Waals surface area contributed by atoms with Crippen LogP contribution < -0.4 is 9.62 Å². The molecule has 2 aromatic rings. The van der Waals surface area contributed by atoms with Crippen LogP contribution in [0.3, 0.4) is 0 Å². The first-order valence-electron chi connectivity index (χ1n) is 8.99. The molecule has 1 heterocycles. The lowest BCUT2D eigenvalue weighted by molar-refractivity contribution is -0.120. The molecule has 7 heteroatoms. The molecule has 1 N–H and O–H groups in total. The first-order chi connectivity index (χ1) is 13.0. The highest BCUT2D eigenvalue weighted by Gasteiger charge is 2.28. The SMILES string of the molecule is C[C@@H](SCc1ccccc1)C(=O)NCCS(=O)(=O)N1CCc2ccccc21. The largest absolute Gasteiger partial charge is 0.354 e. The number of carbonyl (C=O) groups is 1. The standard InChI is InChI=1S/C20H24N2O3S2/c1-16(26-15-17-7-3-2-4-8-17)20(23)21-12-14-27(24,25)22-13-11-18-9-5-6-10-19(18)22/h2-10,16H,11-15H2,1H3,(H,21,23)/t16-/m1/s1. The number of amides is 1. The summed E-state index contributed by atoms with van der Waals surface area (Å²) in [5.41, 5.74) is 2.98. The van der Waals surface area contributed by atoms with E-state index in [-0.39, 0.29) is 23.5 Å². The minimum Gasteiger partial charge on any atom is -0.354 e. The van der Waals surface area contributed by atoms with Crippen molar-refractivity contribution in [2.45, 2.75) is 24.3 Å². The van der Waals surface area contributed by atoms with E-state index >= 15 is 0 Å². The second-order valence-electron chi connectivity index (χ2n) is 6.50. The topological polar surface area (TPSA) is 66.5 Å². The summed E-state index contributed by atoms with van der Waals surface area (Å²) in [6.45, 7) is 2.43. The van der Waals surface area contributed by atoms with Crippen molar-refractivity contribution in [1.29, 1.82) is 0 Å². The molecule has 1 aliphatic rings. The zero-order chi connectivity index (χ0) is 19.3. The number of benzene rings is 2. The van der Waals surface area contributed by atoms with Gasteiger partial charge in [0.2, 0.25) is 15.9 Å². The van der Waals surface area contributed by atoms with Crippen molar-refractivity contribution in [2.24, 2.45) is 0 Å².